The number of phenolic OH excluding ortho intramolecular Hbond substituents is 2. The number of quaternary nitrogens is 1. The van der Waals surface area contributed by atoms with Crippen molar-refractivity contribution < 1.29 is 27.7 Å². The third kappa shape index (κ3) is 8.50. The summed E-state index contributed by atoms with van der Waals surface area (Å²) in [4.78, 5) is -0.708. The Morgan fingerprint density at radius 2 is 1.19 bits per heavy atom. The number of fused-ring (bicyclic) bond motifs is 1. The van der Waals surface area contributed by atoms with E-state index >= 15 is 0 Å². The SMILES string of the molecule is CCCC[N+](CCCC)(CCCC)Cc1ccccc1.O=S(=O)([O-])c1c(O)cc(O)c2ccccc12. The molecule has 0 aliphatic heterocycles. The van der Waals surface area contributed by atoms with Crippen LogP contribution in [-0.2, 0) is 16.7 Å². The molecule has 0 amide bonds. The van der Waals surface area contributed by atoms with Crippen LogP contribution in [-0.4, -0.2) is 47.3 Å². The highest BCUT2D eigenvalue weighted by molar-refractivity contribution is 7.86. The van der Waals surface area contributed by atoms with Gasteiger partial charge in [-0.15, -0.1) is 0 Å². The highest BCUT2D eigenvalue weighted by Crippen LogP contribution is 2.36. The molecule has 0 aliphatic rings. The fourth-order valence-corrected chi connectivity index (χ4v) is 5.36. The average Bonchev–Trinajstić information content (AvgIpc) is 2.85. The van der Waals surface area contributed by atoms with Crippen molar-refractivity contribution >= 4 is 20.9 Å². The van der Waals surface area contributed by atoms with E-state index in [9.17, 15) is 23.2 Å². The molecule has 0 atom stereocenters. The van der Waals surface area contributed by atoms with Gasteiger partial charge in [0.15, 0.2) is 0 Å². The van der Waals surface area contributed by atoms with Crippen molar-refractivity contribution in [1.82, 2.24) is 0 Å². The molecule has 0 unspecified atom stereocenters. The summed E-state index contributed by atoms with van der Waals surface area (Å²) in [5.74, 6) is -1.02. The highest BCUT2D eigenvalue weighted by Gasteiger charge is 2.26. The molecule has 6 nitrogen and oxygen atoms in total. The van der Waals surface area contributed by atoms with Crippen LogP contribution in [0, 0.1) is 0 Å². The number of hydrogen-bond acceptors (Lipinski definition) is 5. The summed E-state index contributed by atoms with van der Waals surface area (Å²) in [6.45, 7) is 12.2. The molecule has 3 aromatic carbocycles. The average molecular weight is 516 g/mol. The maximum Gasteiger partial charge on any atom is 0.137 e. The molecule has 2 N–H and O–H groups in total. The molecule has 7 heteroatoms. The Morgan fingerprint density at radius 1 is 0.722 bits per heavy atom. The highest BCUT2D eigenvalue weighted by atomic mass is 32.2. The zero-order valence-electron chi connectivity index (χ0n) is 21.8. The smallest absolute Gasteiger partial charge is 0.137 e. The van der Waals surface area contributed by atoms with Crippen molar-refractivity contribution in [2.45, 2.75) is 70.7 Å². The van der Waals surface area contributed by atoms with E-state index in [4.69, 9.17) is 0 Å². The lowest BCUT2D eigenvalue weighted by Gasteiger charge is -2.39. The zero-order chi connectivity index (χ0) is 26.6. The Balaban J connectivity index is 0.000000259. The Labute approximate surface area is 216 Å². The van der Waals surface area contributed by atoms with Crippen LogP contribution in [0.3, 0.4) is 0 Å². The first kappa shape index (κ1) is 29.6. The first-order valence-corrected chi connectivity index (χ1v) is 14.4. The Hall–Kier alpha value is -2.61. The van der Waals surface area contributed by atoms with Crippen LogP contribution in [0.15, 0.2) is 65.6 Å². The second-order valence-electron chi connectivity index (χ2n) is 9.46. The van der Waals surface area contributed by atoms with E-state index in [1.807, 2.05) is 0 Å². The third-order valence-electron chi connectivity index (χ3n) is 6.52. The van der Waals surface area contributed by atoms with E-state index in [1.165, 1.54) is 92.9 Å². The van der Waals surface area contributed by atoms with Gasteiger partial charge in [0.1, 0.15) is 33.1 Å². The fraction of sp³-hybridized carbons (Fsp3) is 0.448. The van der Waals surface area contributed by atoms with E-state index in [0.29, 0.717) is 0 Å². The van der Waals surface area contributed by atoms with E-state index in [2.05, 4.69) is 51.1 Å². The van der Waals surface area contributed by atoms with Crippen molar-refractivity contribution in [2.75, 3.05) is 19.6 Å². The molecular formula is C29H41NO5S. The molecule has 3 aromatic rings. The van der Waals surface area contributed by atoms with Crippen LogP contribution in [0.5, 0.6) is 11.5 Å². The maximum atomic E-state index is 11.0. The van der Waals surface area contributed by atoms with Gasteiger partial charge in [-0.2, -0.15) is 0 Å². The van der Waals surface area contributed by atoms with Gasteiger partial charge in [-0.1, -0.05) is 94.6 Å². The molecule has 0 aromatic heterocycles. The van der Waals surface area contributed by atoms with Crippen LogP contribution in [0.2, 0.25) is 0 Å². The summed E-state index contributed by atoms with van der Waals surface area (Å²) in [7, 11) is -4.79. The monoisotopic (exact) mass is 515 g/mol. The summed E-state index contributed by atoms with van der Waals surface area (Å²) in [6, 6.07) is 17.8. The van der Waals surface area contributed by atoms with Gasteiger partial charge in [0.2, 0.25) is 0 Å². The van der Waals surface area contributed by atoms with E-state index in [0.717, 1.165) is 6.07 Å². The van der Waals surface area contributed by atoms with Crippen molar-refractivity contribution in [3.05, 3.63) is 66.2 Å². The Morgan fingerprint density at radius 3 is 1.67 bits per heavy atom. The van der Waals surface area contributed by atoms with Gasteiger partial charge in [0.25, 0.3) is 0 Å². The molecule has 0 radical (unpaired) electrons. The quantitative estimate of drug-likeness (QED) is 0.210. The number of rotatable bonds is 12. The maximum absolute atomic E-state index is 11.0. The van der Waals surface area contributed by atoms with E-state index < -0.39 is 20.8 Å². The van der Waals surface area contributed by atoms with Gasteiger partial charge < -0.3 is 19.2 Å². The van der Waals surface area contributed by atoms with Crippen molar-refractivity contribution in [2.24, 2.45) is 0 Å². The number of hydrogen-bond donors (Lipinski definition) is 2. The van der Waals surface area contributed by atoms with E-state index in [1.54, 1.807) is 6.07 Å². The number of phenols is 2. The van der Waals surface area contributed by atoms with Crippen LogP contribution in [0.25, 0.3) is 10.8 Å². The minimum absolute atomic E-state index is 0.00926. The summed E-state index contributed by atoms with van der Waals surface area (Å²) >= 11 is 0. The van der Waals surface area contributed by atoms with Crippen molar-refractivity contribution in [1.29, 1.82) is 0 Å². The number of unbranched alkanes of at least 4 members (excludes halogenated alkanes) is 3. The number of aromatic hydroxyl groups is 2. The van der Waals surface area contributed by atoms with Crippen LogP contribution in [0.1, 0.15) is 64.9 Å². The molecule has 0 saturated heterocycles. The second-order valence-corrected chi connectivity index (χ2v) is 10.8. The molecule has 3 rings (SSSR count). The number of benzene rings is 3. The number of nitrogens with zero attached hydrogens (tertiary/aromatic N) is 1. The van der Waals surface area contributed by atoms with Crippen LogP contribution >= 0.6 is 0 Å². The van der Waals surface area contributed by atoms with Crippen molar-refractivity contribution in [3.63, 3.8) is 0 Å². The lowest BCUT2D eigenvalue weighted by molar-refractivity contribution is -0.941. The minimum atomic E-state index is -4.79. The molecule has 0 aliphatic carbocycles. The first-order valence-electron chi connectivity index (χ1n) is 13.0. The molecule has 0 heterocycles. The molecular weight excluding hydrogens is 474 g/mol. The summed E-state index contributed by atoms with van der Waals surface area (Å²) in [6.07, 6.45) is 8.02. The lowest BCUT2D eigenvalue weighted by atomic mass is 10.1. The normalized spacial score (nSPS) is 11.8. The van der Waals surface area contributed by atoms with Gasteiger partial charge in [-0.25, -0.2) is 8.42 Å². The molecule has 0 bridgehead atoms. The molecule has 0 fully saturated rings. The Kier molecular flexibility index (Phi) is 11.7. The summed E-state index contributed by atoms with van der Waals surface area (Å²) < 4.78 is 34.3. The first-order chi connectivity index (χ1) is 17.2. The van der Waals surface area contributed by atoms with Crippen LogP contribution in [0.4, 0.5) is 0 Å². The van der Waals surface area contributed by atoms with Crippen LogP contribution < -0.4 is 0 Å². The lowest BCUT2D eigenvalue weighted by Crippen LogP contribution is -2.49. The Bertz CT molecular complexity index is 1160. The standard InChI is InChI=1S/C19H34N.C10H8O5S/c1-4-7-15-20(16-8-5-2,17-9-6-3)18-19-13-11-10-12-14-19;11-8-5-9(12)10(16(13,14)15)7-4-2-1-3-6(7)8/h10-14H,4-9,15-18H2,1-3H3;1-5,11-12H,(H,13,14,15)/q+1;/p-1. The third-order valence-corrected chi connectivity index (χ3v) is 7.45. The topological polar surface area (TPSA) is 97.7 Å². The fourth-order valence-electron chi connectivity index (χ4n) is 4.60. The molecule has 0 saturated carbocycles. The molecule has 0 spiro atoms. The van der Waals surface area contributed by atoms with Gasteiger partial charge in [0.05, 0.1) is 19.6 Å². The summed E-state index contributed by atoms with van der Waals surface area (Å²) in [5, 5.41) is 19.1. The minimum Gasteiger partial charge on any atom is -0.744 e. The van der Waals surface area contributed by atoms with Gasteiger partial charge in [0, 0.05) is 22.4 Å². The molecule has 36 heavy (non-hydrogen) atoms. The van der Waals surface area contributed by atoms with Gasteiger partial charge in [-0.3, -0.25) is 0 Å². The zero-order valence-corrected chi connectivity index (χ0v) is 22.6. The van der Waals surface area contributed by atoms with Gasteiger partial charge >= 0.3 is 0 Å². The predicted molar refractivity (Wildman–Crippen MR) is 145 cm³/mol. The van der Waals surface area contributed by atoms with Crippen molar-refractivity contribution in [3.8, 4) is 11.5 Å². The second kappa shape index (κ2) is 14.2. The largest absolute Gasteiger partial charge is 0.744 e. The van der Waals surface area contributed by atoms with Gasteiger partial charge in [-0.05, 0) is 19.3 Å². The predicted octanol–water partition coefficient (Wildman–Crippen LogP) is 6.56. The molecule has 198 valence electrons. The summed E-state index contributed by atoms with van der Waals surface area (Å²) in [5.41, 5.74) is 1.51. The van der Waals surface area contributed by atoms with E-state index in [-0.39, 0.29) is 16.5 Å².